The van der Waals surface area contributed by atoms with Crippen LogP contribution in [-0.4, -0.2) is 47.2 Å². The number of aromatic nitrogens is 2. The first-order valence-corrected chi connectivity index (χ1v) is 11.1. The third-order valence-corrected chi connectivity index (χ3v) is 6.28. The molecule has 5 nitrogen and oxygen atoms in total. The lowest BCUT2D eigenvalue weighted by molar-refractivity contribution is 0.255. The van der Waals surface area contributed by atoms with Crippen LogP contribution >= 0.6 is 0 Å². The molecule has 3 heterocycles. The van der Waals surface area contributed by atoms with Gasteiger partial charge in [-0.15, -0.1) is 0 Å². The molecule has 1 N–H and O–H groups in total. The van der Waals surface area contributed by atoms with Gasteiger partial charge in [0.25, 0.3) is 5.56 Å². The molecule has 0 saturated carbocycles. The summed E-state index contributed by atoms with van der Waals surface area (Å²) in [5.74, 6) is 0. The van der Waals surface area contributed by atoms with Crippen molar-refractivity contribution < 1.29 is 0 Å². The topological polar surface area (TPSA) is 44.3 Å². The normalized spacial score (nSPS) is 14.9. The molecule has 5 heteroatoms. The Hall–Kier alpha value is -3.31. The van der Waals surface area contributed by atoms with Crippen molar-refractivity contribution in [1.29, 1.82) is 0 Å². The summed E-state index contributed by atoms with van der Waals surface area (Å²) in [6.07, 6.45) is 6.27. The van der Waals surface area contributed by atoms with Crippen molar-refractivity contribution in [2.24, 2.45) is 0 Å². The Morgan fingerprint density at radius 1 is 0.806 bits per heavy atom. The van der Waals surface area contributed by atoms with Crippen LogP contribution in [0.5, 0.6) is 0 Å². The lowest BCUT2D eigenvalue weighted by Gasteiger charge is -2.36. The fourth-order valence-electron chi connectivity index (χ4n) is 4.53. The lowest BCUT2D eigenvalue weighted by Crippen LogP contribution is -2.46. The molecule has 0 atom stereocenters. The van der Waals surface area contributed by atoms with Crippen LogP contribution in [0, 0.1) is 0 Å². The highest BCUT2D eigenvalue weighted by molar-refractivity contribution is 5.83. The Balaban J connectivity index is 1.13. The number of para-hydroxylation sites is 1. The number of H-pyrrole nitrogens is 1. The summed E-state index contributed by atoms with van der Waals surface area (Å²) >= 11 is 0. The molecule has 4 aromatic rings. The first-order valence-electron chi connectivity index (χ1n) is 11.1. The van der Waals surface area contributed by atoms with Crippen LogP contribution in [0.15, 0.2) is 83.9 Å². The quantitative estimate of drug-likeness (QED) is 0.519. The largest absolute Gasteiger partial charge is 0.369 e. The van der Waals surface area contributed by atoms with Crippen molar-refractivity contribution >= 4 is 16.6 Å². The van der Waals surface area contributed by atoms with Crippen LogP contribution in [-0.2, 0) is 6.42 Å². The SMILES string of the molecule is O=c1ccccn1-c1ccc(N2CCN(CCCc3c[nH]c4ccccc34)CC2)cc1. The van der Waals surface area contributed by atoms with Crippen LogP contribution in [0.1, 0.15) is 12.0 Å². The van der Waals surface area contributed by atoms with Gasteiger partial charge in [0, 0.05) is 66.9 Å². The van der Waals surface area contributed by atoms with Gasteiger partial charge in [-0.05, 0) is 61.3 Å². The number of pyridine rings is 1. The van der Waals surface area contributed by atoms with Crippen LogP contribution < -0.4 is 10.5 Å². The zero-order valence-electron chi connectivity index (χ0n) is 17.7. The molecule has 1 aliphatic heterocycles. The van der Waals surface area contributed by atoms with Crippen LogP contribution in [0.3, 0.4) is 0 Å². The number of fused-ring (bicyclic) bond motifs is 1. The van der Waals surface area contributed by atoms with E-state index in [9.17, 15) is 4.79 Å². The van der Waals surface area contributed by atoms with Gasteiger partial charge in [-0.1, -0.05) is 24.3 Å². The van der Waals surface area contributed by atoms with E-state index in [0.717, 1.165) is 44.8 Å². The Kier molecular flexibility index (Phi) is 5.59. The number of piperazine rings is 1. The van der Waals surface area contributed by atoms with Gasteiger partial charge in [-0.3, -0.25) is 14.3 Å². The van der Waals surface area contributed by atoms with Crippen molar-refractivity contribution in [1.82, 2.24) is 14.5 Å². The predicted octanol–water partition coefficient (Wildman–Crippen LogP) is 4.07. The van der Waals surface area contributed by atoms with Gasteiger partial charge < -0.3 is 9.88 Å². The monoisotopic (exact) mass is 412 g/mol. The maximum absolute atomic E-state index is 12.0. The predicted molar refractivity (Wildman–Crippen MR) is 127 cm³/mol. The standard InChI is InChI=1S/C26H28N4O/c31-26-9-3-4-15-30(26)23-12-10-22(11-13-23)29-18-16-28(17-19-29)14-5-6-21-20-27-25-8-2-1-7-24(21)25/h1-4,7-13,15,20,27H,5-6,14,16-19H2. The maximum Gasteiger partial charge on any atom is 0.255 e. The Bertz CT molecular complexity index is 1200. The molecule has 0 aliphatic carbocycles. The minimum Gasteiger partial charge on any atom is -0.369 e. The first-order chi connectivity index (χ1) is 15.3. The van der Waals surface area contributed by atoms with E-state index < -0.39 is 0 Å². The van der Waals surface area contributed by atoms with Gasteiger partial charge in [-0.2, -0.15) is 0 Å². The summed E-state index contributed by atoms with van der Waals surface area (Å²) < 4.78 is 1.68. The Morgan fingerprint density at radius 3 is 2.35 bits per heavy atom. The van der Waals surface area contributed by atoms with Crippen molar-refractivity contribution in [2.45, 2.75) is 12.8 Å². The molecule has 0 unspecified atom stereocenters. The summed E-state index contributed by atoms with van der Waals surface area (Å²) in [6.45, 7) is 5.40. The number of nitrogens with one attached hydrogen (secondary N) is 1. The van der Waals surface area contributed by atoms with Gasteiger partial charge >= 0.3 is 0 Å². The minimum absolute atomic E-state index is 0.00324. The number of aryl methyl sites for hydroxylation is 1. The number of aromatic amines is 1. The molecule has 0 radical (unpaired) electrons. The van der Waals surface area contributed by atoms with Crippen LogP contribution in [0.25, 0.3) is 16.6 Å². The number of hydrogen-bond donors (Lipinski definition) is 1. The molecule has 158 valence electrons. The second kappa shape index (κ2) is 8.82. The van der Waals surface area contributed by atoms with E-state index in [1.165, 1.54) is 28.6 Å². The van der Waals surface area contributed by atoms with Gasteiger partial charge in [0.1, 0.15) is 0 Å². The van der Waals surface area contributed by atoms with Gasteiger partial charge in [-0.25, -0.2) is 0 Å². The van der Waals surface area contributed by atoms with Crippen LogP contribution in [0.2, 0.25) is 0 Å². The van der Waals surface area contributed by atoms with E-state index in [2.05, 4.69) is 57.4 Å². The molecule has 0 bridgehead atoms. The molecule has 31 heavy (non-hydrogen) atoms. The fourth-order valence-corrected chi connectivity index (χ4v) is 4.53. The molecular formula is C26H28N4O. The smallest absolute Gasteiger partial charge is 0.255 e. The summed E-state index contributed by atoms with van der Waals surface area (Å²) in [4.78, 5) is 20.4. The summed E-state index contributed by atoms with van der Waals surface area (Å²) in [6, 6.07) is 22.1. The number of nitrogens with zero attached hydrogens (tertiary/aromatic N) is 3. The highest BCUT2D eigenvalue weighted by Gasteiger charge is 2.17. The molecule has 2 aromatic heterocycles. The van der Waals surface area contributed by atoms with E-state index in [4.69, 9.17) is 0 Å². The van der Waals surface area contributed by atoms with Gasteiger partial charge in [0.2, 0.25) is 0 Å². The maximum atomic E-state index is 12.0. The van der Waals surface area contributed by atoms with Crippen molar-refractivity contribution in [2.75, 3.05) is 37.6 Å². The number of benzene rings is 2. The van der Waals surface area contributed by atoms with E-state index >= 15 is 0 Å². The fraction of sp³-hybridized carbons (Fsp3) is 0.269. The third-order valence-electron chi connectivity index (χ3n) is 6.28. The molecule has 5 rings (SSSR count). The molecule has 1 aliphatic rings. The Labute approximate surface area is 182 Å². The third kappa shape index (κ3) is 4.28. The average Bonchev–Trinajstić information content (AvgIpc) is 3.23. The van der Waals surface area contributed by atoms with Gasteiger partial charge in [0.15, 0.2) is 0 Å². The number of anilines is 1. The molecular weight excluding hydrogens is 384 g/mol. The van der Waals surface area contributed by atoms with Crippen molar-refractivity contribution in [3.8, 4) is 5.69 Å². The number of hydrogen-bond acceptors (Lipinski definition) is 3. The van der Waals surface area contributed by atoms with E-state index in [1.807, 2.05) is 24.4 Å². The van der Waals surface area contributed by atoms with Crippen molar-refractivity contribution in [3.63, 3.8) is 0 Å². The van der Waals surface area contributed by atoms with Gasteiger partial charge in [0.05, 0.1) is 0 Å². The van der Waals surface area contributed by atoms with E-state index in [-0.39, 0.29) is 5.56 Å². The van der Waals surface area contributed by atoms with E-state index in [1.54, 1.807) is 16.7 Å². The average molecular weight is 413 g/mol. The summed E-state index contributed by atoms with van der Waals surface area (Å²) in [5, 5.41) is 1.36. The second-order valence-corrected chi connectivity index (χ2v) is 8.22. The zero-order valence-corrected chi connectivity index (χ0v) is 17.7. The molecule has 0 amide bonds. The summed E-state index contributed by atoms with van der Waals surface area (Å²) in [7, 11) is 0. The second-order valence-electron chi connectivity index (χ2n) is 8.22. The minimum atomic E-state index is -0.00324. The van der Waals surface area contributed by atoms with Crippen LogP contribution in [0.4, 0.5) is 5.69 Å². The lowest BCUT2D eigenvalue weighted by atomic mass is 10.1. The highest BCUT2D eigenvalue weighted by atomic mass is 16.1. The molecule has 1 saturated heterocycles. The zero-order chi connectivity index (χ0) is 21.0. The molecule has 2 aromatic carbocycles. The summed E-state index contributed by atoms with van der Waals surface area (Å²) in [5.41, 5.74) is 4.79. The van der Waals surface area contributed by atoms with Crippen molar-refractivity contribution in [3.05, 3.63) is 95.0 Å². The first kappa shape index (κ1) is 19.6. The molecule has 1 fully saturated rings. The van der Waals surface area contributed by atoms with E-state index in [0.29, 0.717) is 0 Å². The molecule has 0 spiro atoms. The highest BCUT2D eigenvalue weighted by Crippen LogP contribution is 2.21. The Morgan fingerprint density at radius 2 is 1.55 bits per heavy atom. The number of rotatable bonds is 6.